The van der Waals surface area contributed by atoms with Gasteiger partial charge in [-0.1, -0.05) is 0 Å². The van der Waals surface area contributed by atoms with Crippen LogP contribution in [0.2, 0.25) is 0 Å². The fourth-order valence-electron chi connectivity index (χ4n) is 3.81. The summed E-state index contributed by atoms with van der Waals surface area (Å²) in [6.45, 7) is 10.9. The monoisotopic (exact) mass is 387 g/mol. The van der Waals surface area contributed by atoms with E-state index in [-0.39, 0.29) is 24.0 Å². The van der Waals surface area contributed by atoms with Crippen molar-refractivity contribution in [2.75, 3.05) is 31.5 Å². The average molecular weight is 388 g/mol. The molecule has 3 amide bonds. The molecule has 0 saturated carbocycles. The van der Waals surface area contributed by atoms with E-state index in [0.29, 0.717) is 30.9 Å². The lowest BCUT2D eigenvalue weighted by molar-refractivity contribution is 0.0793. The predicted octanol–water partition coefficient (Wildman–Crippen LogP) is 2.66. The zero-order valence-electron chi connectivity index (χ0n) is 17.5. The summed E-state index contributed by atoms with van der Waals surface area (Å²) in [4.78, 5) is 34.1. The highest BCUT2D eigenvalue weighted by Crippen LogP contribution is 2.25. The molecule has 7 heteroatoms. The largest absolute Gasteiger partial charge is 0.367 e. The smallest absolute Gasteiger partial charge is 0.317 e. The molecular formula is C21H33N5O2. The zero-order chi connectivity index (χ0) is 20.3. The normalized spacial score (nSPS) is 16.9. The quantitative estimate of drug-likeness (QED) is 0.833. The third-order valence-electron chi connectivity index (χ3n) is 5.21. The van der Waals surface area contributed by atoms with Crippen LogP contribution >= 0.6 is 0 Å². The molecule has 1 aromatic rings. The molecule has 1 fully saturated rings. The highest BCUT2D eigenvalue weighted by Gasteiger charge is 2.26. The summed E-state index contributed by atoms with van der Waals surface area (Å²) in [5, 5.41) is 6.32. The molecule has 2 aliphatic heterocycles. The standard InChI is InChI=1S/C21H33N5O2/c1-14(2)22-19-17(20(27)25-9-5-6-10-25)13-16-7-11-26(12-8-18(16)24-19)21(28)23-15(3)4/h13-15H,5-12H2,1-4H3,(H,22,24)(H,23,28). The summed E-state index contributed by atoms with van der Waals surface area (Å²) in [5.74, 6) is 0.736. The number of carbonyl (C=O) groups is 2. The van der Waals surface area contributed by atoms with Crippen LogP contribution < -0.4 is 10.6 Å². The maximum Gasteiger partial charge on any atom is 0.317 e. The van der Waals surface area contributed by atoms with Gasteiger partial charge in [-0.05, 0) is 58.6 Å². The number of fused-ring (bicyclic) bond motifs is 1. The number of aromatic nitrogens is 1. The number of carbonyl (C=O) groups excluding carboxylic acids is 2. The van der Waals surface area contributed by atoms with Gasteiger partial charge in [-0.25, -0.2) is 9.78 Å². The number of likely N-dealkylation sites (tertiary alicyclic amines) is 1. The van der Waals surface area contributed by atoms with Gasteiger partial charge in [0, 0.05) is 50.4 Å². The molecule has 1 saturated heterocycles. The minimum absolute atomic E-state index is 0.0308. The van der Waals surface area contributed by atoms with Crippen molar-refractivity contribution in [1.82, 2.24) is 20.1 Å². The van der Waals surface area contributed by atoms with E-state index in [0.717, 1.165) is 43.6 Å². The summed E-state index contributed by atoms with van der Waals surface area (Å²) in [5.41, 5.74) is 2.73. The minimum Gasteiger partial charge on any atom is -0.367 e. The second kappa shape index (κ2) is 8.80. The fraction of sp³-hybridized carbons (Fsp3) is 0.667. The van der Waals surface area contributed by atoms with Gasteiger partial charge < -0.3 is 20.4 Å². The van der Waals surface area contributed by atoms with Crippen LogP contribution in [0.15, 0.2) is 6.07 Å². The summed E-state index contributed by atoms with van der Waals surface area (Å²) in [6, 6.07) is 2.28. The maximum absolute atomic E-state index is 13.1. The van der Waals surface area contributed by atoms with Gasteiger partial charge in [0.05, 0.1) is 5.56 Å². The molecule has 2 N–H and O–H groups in total. The molecule has 0 spiro atoms. The number of nitrogens with zero attached hydrogens (tertiary/aromatic N) is 3. The first-order valence-electron chi connectivity index (χ1n) is 10.5. The molecule has 3 rings (SSSR count). The van der Waals surface area contributed by atoms with Crippen molar-refractivity contribution in [2.24, 2.45) is 0 Å². The first kappa shape index (κ1) is 20.4. The van der Waals surface area contributed by atoms with Crippen LogP contribution in [0.1, 0.15) is 62.2 Å². The molecule has 7 nitrogen and oxygen atoms in total. The van der Waals surface area contributed by atoms with Crippen LogP contribution in [-0.2, 0) is 12.8 Å². The predicted molar refractivity (Wildman–Crippen MR) is 111 cm³/mol. The van der Waals surface area contributed by atoms with Gasteiger partial charge in [-0.15, -0.1) is 0 Å². The zero-order valence-corrected chi connectivity index (χ0v) is 17.5. The van der Waals surface area contributed by atoms with Crippen LogP contribution in [0.25, 0.3) is 0 Å². The second-order valence-electron chi connectivity index (χ2n) is 8.38. The number of nitrogens with one attached hydrogen (secondary N) is 2. The Labute approximate surface area is 167 Å². The van der Waals surface area contributed by atoms with Crippen molar-refractivity contribution in [3.05, 3.63) is 22.9 Å². The molecule has 1 aromatic heterocycles. The molecular weight excluding hydrogens is 354 g/mol. The Bertz CT molecular complexity index is 726. The van der Waals surface area contributed by atoms with Gasteiger partial charge in [0.1, 0.15) is 5.82 Å². The minimum atomic E-state index is -0.0308. The van der Waals surface area contributed by atoms with Crippen molar-refractivity contribution < 1.29 is 9.59 Å². The number of amides is 3. The Kier molecular flexibility index (Phi) is 6.42. The topological polar surface area (TPSA) is 77.6 Å². The molecule has 0 radical (unpaired) electrons. The molecule has 0 atom stereocenters. The van der Waals surface area contributed by atoms with Crippen molar-refractivity contribution in [2.45, 2.75) is 65.5 Å². The van der Waals surface area contributed by atoms with E-state index in [1.54, 1.807) is 0 Å². The Morgan fingerprint density at radius 3 is 2.29 bits per heavy atom. The van der Waals surface area contributed by atoms with E-state index in [2.05, 4.69) is 24.5 Å². The van der Waals surface area contributed by atoms with E-state index in [9.17, 15) is 9.59 Å². The summed E-state index contributed by atoms with van der Waals surface area (Å²) < 4.78 is 0. The van der Waals surface area contributed by atoms with Crippen molar-refractivity contribution in [3.63, 3.8) is 0 Å². The summed E-state index contributed by atoms with van der Waals surface area (Å²) >= 11 is 0. The Morgan fingerprint density at radius 2 is 1.64 bits per heavy atom. The Hall–Kier alpha value is -2.31. The van der Waals surface area contributed by atoms with Gasteiger partial charge in [-0.2, -0.15) is 0 Å². The highest BCUT2D eigenvalue weighted by atomic mass is 16.2. The molecule has 0 aliphatic carbocycles. The lowest BCUT2D eigenvalue weighted by Crippen LogP contribution is -2.44. The number of anilines is 1. The van der Waals surface area contributed by atoms with E-state index >= 15 is 0 Å². The molecule has 154 valence electrons. The number of hydrogen-bond donors (Lipinski definition) is 2. The van der Waals surface area contributed by atoms with Crippen molar-refractivity contribution in [1.29, 1.82) is 0 Å². The van der Waals surface area contributed by atoms with Gasteiger partial charge in [0.2, 0.25) is 0 Å². The fourth-order valence-corrected chi connectivity index (χ4v) is 3.81. The highest BCUT2D eigenvalue weighted by molar-refractivity contribution is 5.99. The van der Waals surface area contributed by atoms with Gasteiger partial charge in [0.15, 0.2) is 0 Å². The number of pyridine rings is 1. The molecule has 2 aliphatic rings. The van der Waals surface area contributed by atoms with E-state index < -0.39 is 0 Å². The van der Waals surface area contributed by atoms with Crippen LogP contribution in [-0.4, -0.2) is 65.0 Å². The SMILES string of the molecule is CC(C)NC(=O)N1CCc2cc(C(=O)N3CCCC3)c(NC(C)C)nc2CC1. The van der Waals surface area contributed by atoms with E-state index in [1.165, 1.54) is 0 Å². The van der Waals surface area contributed by atoms with Crippen molar-refractivity contribution >= 4 is 17.8 Å². The number of hydrogen-bond acceptors (Lipinski definition) is 4. The molecule has 0 unspecified atom stereocenters. The van der Waals surface area contributed by atoms with Gasteiger partial charge in [-0.3, -0.25) is 4.79 Å². The summed E-state index contributed by atoms with van der Waals surface area (Å²) in [6.07, 6.45) is 3.55. The van der Waals surface area contributed by atoms with E-state index in [1.807, 2.05) is 29.7 Å². The maximum atomic E-state index is 13.1. The third kappa shape index (κ3) is 4.75. The number of rotatable bonds is 4. The molecule has 28 heavy (non-hydrogen) atoms. The first-order valence-corrected chi connectivity index (χ1v) is 10.5. The second-order valence-corrected chi connectivity index (χ2v) is 8.38. The molecule has 3 heterocycles. The first-order chi connectivity index (χ1) is 13.3. The van der Waals surface area contributed by atoms with Crippen LogP contribution in [0.3, 0.4) is 0 Å². The lowest BCUT2D eigenvalue weighted by Gasteiger charge is -2.22. The van der Waals surface area contributed by atoms with Crippen LogP contribution in [0.5, 0.6) is 0 Å². The third-order valence-corrected chi connectivity index (χ3v) is 5.21. The Morgan fingerprint density at radius 1 is 0.964 bits per heavy atom. The average Bonchev–Trinajstić information content (AvgIpc) is 3.07. The van der Waals surface area contributed by atoms with Crippen molar-refractivity contribution in [3.8, 4) is 0 Å². The van der Waals surface area contributed by atoms with Gasteiger partial charge >= 0.3 is 6.03 Å². The Balaban J connectivity index is 1.85. The van der Waals surface area contributed by atoms with E-state index in [4.69, 9.17) is 4.98 Å². The lowest BCUT2D eigenvalue weighted by atomic mass is 10.0. The number of urea groups is 1. The molecule has 0 aromatic carbocycles. The van der Waals surface area contributed by atoms with Gasteiger partial charge in [0.25, 0.3) is 5.91 Å². The summed E-state index contributed by atoms with van der Waals surface area (Å²) in [7, 11) is 0. The van der Waals surface area contributed by atoms with Crippen LogP contribution in [0, 0.1) is 0 Å². The van der Waals surface area contributed by atoms with Crippen LogP contribution in [0.4, 0.5) is 10.6 Å². The molecule has 0 bridgehead atoms.